The van der Waals surface area contributed by atoms with Crippen LogP contribution in [0.4, 0.5) is 5.69 Å². The number of aromatic amines is 1. The average Bonchev–Trinajstić information content (AvgIpc) is 3.13. The quantitative estimate of drug-likeness (QED) is 0.764. The van der Waals surface area contributed by atoms with Gasteiger partial charge in [-0.05, 0) is 24.3 Å². The van der Waals surface area contributed by atoms with Crippen molar-refractivity contribution in [3.8, 4) is 10.6 Å². The molecular formula is C12H9N5OS. The molecule has 7 heteroatoms. The van der Waals surface area contributed by atoms with Crippen LogP contribution in [0.25, 0.3) is 10.6 Å². The molecule has 1 amide bonds. The molecule has 0 saturated carbocycles. The van der Waals surface area contributed by atoms with Crippen LogP contribution >= 0.6 is 11.3 Å². The van der Waals surface area contributed by atoms with Crippen molar-refractivity contribution in [2.75, 3.05) is 5.32 Å². The molecule has 0 aliphatic heterocycles. The first-order chi connectivity index (χ1) is 9.33. The van der Waals surface area contributed by atoms with Crippen LogP contribution in [-0.2, 0) is 0 Å². The third kappa shape index (κ3) is 2.50. The number of hydrogen-bond donors (Lipinski definition) is 2. The fourth-order valence-corrected chi connectivity index (χ4v) is 2.21. The van der Waals surface area contributed by atoms with Crippen LogP contribution in [0.2, 0.25) is 0 Å². The molecule has 0 radical (unpaired) electrons. The monoisotopic (exact) mass is 271 g/mol. The van der Waals surface area contributed by atoms with Gasteiger partial charge < -0.3 is 5.32 Å². The van der Waals surface area contributed by atoms with E-state index >= 15 is 0 Å². The van der Waals surface area contributed by atoms with E-state index in [0.29, 0.717) is 5.69 Å². The maximum absolute atomic E-state index is 11.7. The number of carbonyl (C=O) groups is 1. The average molecular weight is 271 g/mol. The van der Waals surface area contributed by atoms with Crippen molar-refractivity contribution in [1.82, 2.24) is 20.4 Å². The standard InChI is InChI=1S/C12H9N5OS/c18-11(10-7-14-17-16-10)15-9-3-1-8(2-4-9)12-13-5-6-19-12/h1-7H,(H,15,18)(H,14,16,17). The molecule has 0 unspecified atom stereocenters. The summed E-state index contributed by atoms with van der Waals surface area (Å²) in [6, 6.07) is 7.48. The molecular weight excluding hydrogens is 262 g/mol. The molecule has 2 aromatic heterocycles. The molecule has 2 N–H and O–H groups in total. The minimum atomic E-state index is -0.296. The van der Waals surface area contributed by atoms with Gasteiger partial charge in [0.15, 0.2) is 5.69 Å². The van der Waals surface area contributed by atoms with Gasteiger partial charge in [0.05, 0.1) is 6.20 Å². The SMILES string of the molecule is O=C(Nc1ccc(-c2nccs2)cc1)c1cn[nH]n1. The Balaban J connectivity index is 1.75. The van der Waals surface area contributed by atoms with Crippen molar-refractivity contribution in [2.24, 2.45) is 0 Å². The minimum Gasteiger partial charge on any atom is -0.321 e. The molecule has 19 heavy (non-hydrogen) atoms. The largest absolute Gasteiger partial charge is 0.321 e. The molecule has 0 fully saturated rings. The van der Waals surface area contributed by atoms with Crippen LogP contribution in [0.15, 0.2) is 42.0 Å². The fraction of sp³-hybridized carbons (Fsp3) is 0. The third-order valence-corrected chi connectivity index (χ3v) is 3.29. The van der Waals surface area contributed by atoms with Crippen molar-refractivity contribution in [3.05, 3.63) is 47.7 Å². The normalized spacial score (nSPS) is 10.3. The van der Waals surface area contributed by atoms with Gasteiger partial charge >= 0.3 is 0 Å². The lowest BCUT2D eigenvalue weighted by Crippen LogP contribution is -2.12. The summed E-state index contributed by atoms with van der Waals surface area (Å²) in [7, 11) is 0. The highest BCUT2D eigenvalue weighted by Gasteiger charge is 2.08. The van der Waals surface area contributed by atoms with Crippen molar-refractivity contribution in [3.63, 3.8) is 0 Å². The zero-order chi connectivity index (χ0) is 13.1. The lowest BCUT2D eigenvalue weighted by molar-refractivity contribution is 0.102. The second-order valence-corrected chi connectivity index (χ2v) is 4.62. The number of thiazole rings is 1. The maximum Gasteiger partial charge on any atom is 0.277 e. The number of nitrogens with one attached hydrogen (secondary N) is 2. The van der Waals surface area contributed by atoms with Crippen molar-refractivity contribution >= 4 is 22.9 Å². The molecule has 94 valence electrons. The lowest BCUT2D eigenvalue weighted by Gasteiger charge is -2.03. The van der Waals surface area contributed by atoms with Gasteiger partial charge in [-0.1, -0.05) is 0 Å². The number of aromatic nitrogens is 4. The Labute approximate surface area is 112 Å². The van der Waals surface area contributed by atoms with E-state index in [9.17, 15) is 4.79 Å². The number of hydrogen-bond acceptors (Lipinski definition) is 5. The summed E-state index contributed by atoms with van der Waals surface area (Å²) < 4.78 is 0. The van der Waals surface area contributed by atoms with Gasteiger partial charge in [0.25, 0.3) is 5.91 Å². The summed E-state index contributed by atoms with van der Waals surface area (Å²) in [6.07, 6.45) is 3.14. The van der Waals surface area contributed by atoms with E-state index in [4.69, 9.17) is 0 Å². The van der Waals surface area contributed by atoms with Crippen LogP contribution in [0.1, 0.15) is 10.5 Å². The third-order valence-electron chi connectivity index (χ3n) is 2.47. The highest BCUT2D eigenvalue weighted by atomic mass is 32.1. The Morgan fingerprint density at radius 1 is 1.26 bits per heavy atom. The van der Waals surface area contributed by atoms with Gasteiger partial charge in [-0.3, -0.25) is 4.79 Å². The van der Waals surface area contributed by atoms with Crippen molar-refractivity contribution in [1.29, 1.82) is 0 Å². The van der Waals surface area contributed by atoms with Gasteiger partial charge in [-0.15, -0.1) is 11.3 Å². The highest BCUT2D eigenvalue weighted by molar-refractivity contribution is 7.13. The number of amides is 1. The van der Waals surface area contributed by atoms with E-state index in [-0.39, 0.29) is 11.6 Å². The first kappa shape index (κ1) is 11.5. The zero-order valence-corrected chi connectivity index (χ0v) is 10.5. The van der Waals surface area contributed by atoms with E-state index in [0.717, 1.165) is 10.6 Å². The summed E-state index contributed by atoms with van der Waals surface area (Å²) in [5.74, 6) is -0.296. The smallest absolute Gasteiger partial charge is 0.277 e. The first-order valence-corrected chi connectivity index (χ1v) is 6.38. The minimum absolute atomic E-state index is 0.254. The van der Waals surface area contributed by atoms with Gasteiger partial charge in [0.2, 0.25) is 0 Å². The lowest BCUT2D eigenvalue weighted by atomic mass is 10.2. The van der Waals surface area contributed by atoms with E-state index in [1.165, 1.54) is 6.20 Å². The Hall–Kier alpha value is -2.54. The molecule has 1 aromatic carbocycles. The van der Waals surface area contributed by atoms with E-state index < -0.39 is 0 Å². The van der Waals surface area contributed by atoms with Crippen LogP contribution in [0, 0.1) is 0 Å². The maximum atomic E-state index is 11.7. The molecule has 2 heterocycles. The van der Waals surface area contributed by atoms with Crippen LogP contribution in [0.5, 0.6) is 0 Å². The summed E-state index contributed by atoms with van der Waals surface area (Å²) in [5.41, 5.74) is 1.98. The molecule has 0 saturated heterocycles. The summed E-state index contributed by atoms with van der Waals surface area (Å²) in [6.45, 7) is 0. The second-order valence-electron chi connectivity index (χ2n) is 3.72. The van der Waals surface area contributed by atoms with Crippen LogP contribution in [0.3, 0.4) is 0 Å². The zero-order valence-electron chi connectivity index (χ0n) is 9.70. The Kier molecular flexibility index (Phi) is 3.03. The summed E-state index contributed by atoms with van der Waals surface area (Å²) in [4.78, 5) is 16.0. The van der Waals surface area contributed by atoms with Crippen molar-refractivity contribution in [2.45, 2.75) is 0 Å². The van der Waals surface area contributed by atoms with E-state index in [1.807, 2.05) is 29.6 Å². The highest BCUT2D eigenvalue weighted by Crippen LogP contribution is 2.23. The molecule has 0 bridgehead atoms. The van der Waals surface area contributed by atoms with Crippen LogP contribution < -0.4 is 5.32 Å². The molecule has 3 rings (SSSR count). The molecule has 0 aliphatic rings. The second kappa shape index (κ2) is 4.99. The molecule has 0 atom stereocenters. The Morgan fingerprint density at radius 3 is 2.74 bits per heavy atom. The van der Waals surface area contributed by atoms with Crippen molar-refractivity contribution < 1.29 is 4.79 Å². The van der Waals surface area contributed by atoms with Gasteiger partial charge in [0, 0.05) is 22.8 Å². The number of H-pyrrole nitrogens is 1. The molecule has 0 spiro atoms. The molecule has 6 nitrogen and oxygen atoms in total. The van der Waals surface area contributed by atoms with Crippen LogP contribution in [-0.4, -0.2) is 26.3 Å². The fourth-order valence-electron chi connectivity index (χ4n) is 1.57. The first-order valence-electron chi connectivity index (χ1n) is 5.50. The predicted octanol–water partition coefficient (Wildman–Crippen LogP) is 2.18. The predicted molar refractivity (Wildman–Crippen MR) is 71.9 cm³/mol. The number of benzene rings is 1. The number of rotatable bonds is 3. The van der Waals surface area contributed by atoms with E-state index in [2.05, 4.69) is 25.7 Å². The van der Waals surface area contributed by atoms with Gasteiger partial charge in [-0.25, -0.2) is 4.98 Å². The van der Waals surface area contributed by atoms with Gasteiger partial charge in [0.1, 0.15) is 5.01 Å². The number of carbonyl (C=O) groups excluding carboxylic acids is 1. The Bertz CT molecular complexity index is 661. The molecule has 3 aromatic rings. The topological polar surface area (TPSA) is 83.6 Å². The molecule has 0 aliphatic carbocycles. The van der Waals surface area contributed by atoms with E-state index in [1.54, 1.807) is 17.5 Å². The number of anilines is 1. The van der Waals surface area contributed by atoms with Gasteiger partial charge in [-0.2, -0.15) is 15.4 Å². The summed E-state index contributed by atoms with van der Waals surface area (Å²) >= 11 is 1.57. The number of nitrogens with zero attached hydrogens (tertiary/aromatic N) is 3. The summed E-state index contributed by atoms with van der Waals surface area (Å²) in [5, 5.41) is 15.3. The Morgan fingerprint density at radius 2 is 2.11 bits per heavy atom.